The third kappa shape index (κ3) is 3.84. The van der Waals surface area contributed by atoms with E-state index in [0.717, 1.165) is 24.1 Å². The van der Waals surface area contributed by atoms with Gasteiger partial charge in [-0.05, 0) is 47.6 Å². The highest BCUT2D eigenvalue weighted by atomic mass is 19.1. The van der Waals surface area contributed by atoms with Crippen LogP contribution in [-0.4, -0.2) is 30.6 Å². The minimum absolute atomic E-state index is 0.0104. The number of hydrogen-bond donors (Lipinski definition) is 2. The van der Waals surface area contributed by atoms with E-state index in [1.807, 2.05) is 13.2 Å². The van der Waals surface area contributed by atoms with Gasteiger partial charge in [0.15, 0.2) is 0 Å². The molecule has 0 aliphatic heterocycles. The molecule has 1 fully saturated rings. The molecule has 0 saturated heterocycles. The molecule has 9 nitrogen and oxygen atoms in total. The van der Waals surface area contributed by atoms with E-state index in [9.17, 15) is 13.6 Å². The summed E-state index contributed by atoms with van der Waals surface area (Å²) < 4.78 is 36.8. The molecule has 6 rings (SSSR count). The number of nitrogens with zero attached hydrogens (tertiary/aromatic N) is 5. The summed E-state index contributed by atoms with van der Waals surface area (Å²) in [6, 6.07) is 5.36. The number of benzene rings is 1. The first-order chi connectivity index (χ1) is 17.4. The minimum Gasteiger partial charge on any atom is -0.445 e. The molecule has 11 heteroatoms. The van der Waals surface area contributed by atoms with Gasteiger partial charge in [0.1, 0.15) is 29.5 Å². The molecule has 36 heavy (non-hydrogen) atoms. The van der Waals surface area contributed by atoms with Crippen molar-refractivity contribution in [1.29, 1.82) is 0 Å². The number of nitrogens with two attached hydrogens (primary N) is 1. The number of aryl methyl sites for hydroxylation is 1. The average molecular weight is 487 g/mol. The van der Waals surface area contributed by atoms with Gasteiger partial charge in [-0.1, -0.05) is 0 Å². The standard InChI is InChI=1S/C25H19F2N7O2/c1-34-11-14(9-31-34)15-8-16(15)24(35)33-21-7-12-6-20(32-23(28)17(12)10-30-21)22-18(26)4-13(5-19(22)27)25-29-2-3-36-25/h2-7,9-11,15-16H,8H2,1H3,(H2,28,32)(H,30,33,35)/t15-,16+/m0/s1. The van der Waals surface area contributed by atoms with Crippen LogP contribution in [0.4, 0.5) is 20.4 Å². The van der Waals surface area contributed by atoms with Crippen molar-refractivity contribution in [2.75, 3.05) is 11.1 Å². The van der Waals surface area contributed by atoms with Crippen molar-refractivity contribution in [3.63, 3.8) is 0 Å². The summed E-state index contributed by atoms with van der Waals surface area (Å²) in [7, 11) is 1.83. The molecule has 1 aliphatic rings. The smallest absolute Gasteiger partial charge is 0.229 e. The molecule has 0 spiro atoms. The number of halogens is 2. The number of fused-ring (bicyclic) bond motifs is 1. The normalized spacial score (nSPS) is 16.9. The zero-order chi connectivity index (χ0) is 25.0. The van der Waals surface area contributed by atoms with Crippen LogP contribution in [0.2, 0.25) is 0 Å². The van der Waals surface area contributed by atoms with Gasteiger partial charge in [0.2, 0.25) is 11.8 Å². The van der Waals surface area contributed by atoms with E-state index in [1.54, 1.807) is 16.9 Å². The molecule has 5 aromatic rings. The number of amides is 1. The van der Waals surface area contributed by atoms with E-state index in [2.05, 4.69) is 25.4 Å². The Hall–Kier alpha value is -4.67. The molecule has 1 aromatic carbocycles. The molecule has 3 N–H and O–H groups in total. The van der Waals surface area contributed by atoms with Crippen LogP contribution in [0.1, 0.15) is 17.9 Å². The first kappa shape index (κ1) is 21.8. The lowest BCUT2D eigenvalue weighted by molar-refractivity contribution is -0.117. The summed E-state index contributed by atoms with van der Waals surface area (Å²) in [6.07, 6.45) is 8.57. The zero-order valence-electron chi connectivity index (χ0n) is 18.9. The molecule has 0 bridgehead atoms. The maximum atomic E-state index is 15.0. The molecule has 180 valence electrons. The number of anilines is 2. The van der Waals surface area contributed by atoms with Crippen molar-refractivity contribution >= 4 is 28.3 Å². The predicted octanol–water partition coefficient (Wildman–Crippen LogP) is 4.29. The van der Waals surface area contributed by atoms with Gasteiger partial charge in [-0.25, -0.2) is 23.7 Å². The van der Waals surface area contributed by atoms with Crippen LogP contribution in [0.3, 0.4) is 0 Å². The van der Waals surface area contributed by atoms with Crippen molar-refractivity contribution in [1.82, 2.24) is 24.7 Å². The second-order valence-corrected chi connectivity index (χ2v) is 8.72. The predicted molar refractivity (Wildman–Crippen MR) is 127 cm³/mol. The van der Waals surface area contributed by atoms with Gasteiger partial charge in [-0.3, -0.25) is 9.48 Å². The summed E-state index contributed by atoms with van der Waals surface area (Å²) in [5.74, 6) is -1.43. The number of hydrogen-bond acceptors (Lipinski definition) is 7. The summed E-state index contributed by atoms with van der Waals surface area (Å²) >= 11 is 0. The van der Waals surface area contributed by atoms with Gasteiger partial charge in [0, 0.05) is 36.3 Å². The Balaban J connectivity index is 1.29. The number of carbonyl (C=O) groups is 1. The lowest BCUT2D eigenvalue weighted by Crippen LogP contribution is -2.15. The molecule has 0 radical (unpaired) electrons. The molecule has 4 aromatic heterocycles. The second kappa shape index (κ2) is 8.22. The molecule has 1 saturated carbocycles. The third-order valence-electron chi connectivity index (χ3n) is 6.25. The highest BCUT2D eigenvalue weighted by Gasteiger charge is 2.44. The number of oxazole rings is 1. The van der Waals surface area contributed by atoms with Crippen LogP contribution in [0.5, 0.6) is 0 Å². The Bertz CT molecular complexity index is 1610. The molecule has 4 heterocycles. The molecule has 2 atom stereocenters. The summed E-state index contributed by atoms with van der Waals surface area (Å²) in [6.45, 7) is 0. The Morgan fingerprint density at radius 3 is 2.67 bits per heavy atom. The highest BCUT2D eigenvalue weighted by molar-refractivity contribution is 5.98. The Labute approximate surface area is 203 Å². The van der Waals surface area contributed by atoms with E-state index in [4.69, 9.17) is 10.2 Å². The van der Waals surface area contributed by atoms with Gasteiger partial charge >= 0.3 is 0 Å². The lowest BCUT2D eigenvalue weighted by Gasteiger charge is -2.11. The Morgan fingerprint density at radius 1 is 1.17 bits per heavy atom. The SMILES string of the molecule is Cn1cc([C@@H]2C[C@H]2C(=O)Nc2cc3cc(-c4c(F)cc(-c5ncco5)cc4F)nc(N)c3cn2)cn1. The second-order valence-electron chi connectivity index (χ2n) is 8.72. The molecule has 1 amide bonds. The third-order valence-corrected chi connectivity index (χ3v) is 6.25. The first-order valence-corrected chi connectivity index (χ1v) is 11.1. The van der Waals surface area contributed by atoms with Gasteiger partial charge < -0.3 is 15.5 Å². The Morgan fingerprint density at radius 2 is 1.97 bits per heavy atom. The van der Waals surface area contributed by atoms with Crippen molar-refractivity contribution in [2.45, 2.75) is 12.3 Å². The van der Waals surface area contributed by atoms with Crippen molar-refractivity contribution in [3.05, 3.63) is 72.5 Å². The number of nitrogen functional groups attached to an aromatic ring is 1. The summed E-state index contributed by atoms with van der Waals surface area (Å²) in [5.41, 5.74) is 6.93. The fourth-order valence-electron chi connectivity index (χ4n) is 4.38. The zero-order valence-corrected chi connectivity index (χ0v) is 18.9. The monoisotopic (exact) mass is 487 g/mol. The van der Waals surface area contributed by atoms with Crippen molar-refractivity contribution in [3.8, 4) is 22.7 Å². The van der Waals surface area contributed by atoms with Crippen LogP contribution in [0.15, 0.2) is 59.7 Å². The van der Waals surface area contributed by atoms with Crippen LogP contribution in [0.25, 0.3) is 33.5 Å². The van der Waals surface area contributed by atoms with Crippen molar-refractivity contribution in [2.24, 2.45) is 13.0 Å². The van der Waals surface area contributed by atoms with E-state index in [-0.39, 0.29) is 46.3 Å². The maximum absolute atomic E-state index is 15.0. The van der Waals surface area contributed by atoms with E-state index < -0.39 is 11.6 Å². The van der Waals surface area contributed by atoms with Gasteiger partial charge in [-0.15, -0.1) is 0 Å². The first-order valence-electron chi connectivity index (χ1n) is 11.1. The minimum atomic E-state index is -0.841. The lowest BCUT2D eigenvalue weighted by atomic mass is 10.0. The van der Waals surface area contributed by atoms with E-state index >= 15 is 0 Å². The van der Waals surface area contributed by atoms with Gasteiger partial charge in [0.05, 0.1) is 23.7 Å². The van der Waals surface area contributed by atoms with Crippen molar-refractivity contribution < 1.29 is 18.0 Å². The Kier molecular flexibility index (Phi) is 4.99. The van der Waals surface area contributed by atoms with Crippen LogP contribution >= 0.6 is 0 Å². The fourth-order valence-corrected chi connectivity index (χ4v) is 4.38. The number of rotatable bonds is 5. The van der Waals surface area contributed by atoms with Gasteiger partial charge in [-0.2, -0.15) is 5.10 Å². The fraction of sp³-hybridized carbons (Fsp3) is 0.160. The number of carbonyl (C=O) groups excluding carboxylic acids is 1. The molecule has 0 unspecified atom stereocenters. The summed E-state index contributed by atoms with van der Waals surface area (Å²) in [5, 5.41) is 8.00. The number of nitrogens with one attached hydrogen (secondary N) is 1. The highest BCUT2D eigenvalue weighted by Crippen LogP contribution is 2.47. The maximum Gasteiger partial charge on any atom is 0.229 e. The van der Waals surface area contributed by atoms with E-state index in [1.165, 1.54) is 24.7 Å². The molecular weight excluding hydrogens is 468 g/mol. The molecule has 1 aliphatic carbocycles. The topological polar surface area (TPSA) is 125 Å². The average Bonchev–Trinajstić information content (AvgIpc) is 3.21. The van der Waals surface area contributed by atoms with Crippen LogP contribution in [-0.2, 0) is 11.8 Å². The largest absolute Gasteiger partial charge is 0.445 e. The van der Waals surface area contributed by atoms with Crippen LogP contribution in [0, 0.1) is 17.6 Å². The summed E-state index contributed by atoms with van der Waals surface area (Å²) in [4.78, 5) is 25.1. The number of pyridine rings is 2. The van der Waals surface area contributed by atoms with E-state index in [0.29, 0.717) is 16.6 Å². The quantitative estimate of drug-likeness (QED) is 0.379. The van der Waals surface area contributed by atoms with Gasteiger partial charge in [0.25, 0.3) is 0 Å². The van der Waals surface area contributed by atoms with Crippen LogP contribution < -0.4 is 11.1 Å². The number of aromatic nitrogens is 5. The molecular formula is C25H19F2N7O2.